The fraction of sp³-hybridized carbons (Fsp3) is 0.615. The van der Waals surface area contributed by atoms with Crippen molar-refractivity contribution >= 4 is 35.4 Å². The van der Waals surface area contributed by atoms with Crippen molar-refractivity contribution in [3.05, 3.63) is 34.9 Å². The molecular formula is C26H39ClN2O6. The number of hydrogen-bond donors (Lipinski definition) is 2. The van der Waals surface area contributed by atoms with Crippen molar-refractivity contribution in [1.29, 1.82) is 0 Å². The Bertz CT molecular complexity index is 864. The van der Waals surface area contributed by atoms with Gasteiger partial charge in [-0.15, -0.1) is 0 Å². The van der Waals surface area contributed by atoms with Crippen LogP contribution in [0.1, 0.15) is 72.8 Å². The lowest BCUT2D eigenvalue weighted by atomic mass is 9.83. The molecule has 2 amide bonds. The zero-order chi connectivity index (χ0) is 26.8. The molecule has 0 aromatic heterocycles. The van der Waals surface area contributed by atoms with Crippen molar-refractivity contribution in [2.75, 3.05) is 13.2 Å². The minimum absolute atomic E-state index is 0.0214. The summed E-state index contributed by atoms with van der Waals surface area (Å²) in [5.74, 6) is -2.51. The van der Waals surface area contributed by atoms with Gasteiger partial charge in [0.25, 0.3) is 0 Å². The van der Waals surface area contributed by atoms with E-state index in [4.69, 9.17) is 21.1 Å². The molecule has 196 valence electrons. The van der Waals surface area contributed by atoms with Gasteiger partial charge in [-0.2, -0.15) is 0 Å². The summed E-state index contributed by atoms with van der Waals surface area (Å²) in [6.45, 7) is 13.0. The predicted molar refractivity (Wildman–Crippen MR) is 135 cm³/mol. The number of rotatable bonds is 12. The maximum atomic E-state index is 13.4. The third kappa shape index (κ3) is 9.88. The number of hydrogen-bond acceptors (Lipinski definition) is 6. The molecule has 0 spiro atoms. The van der Waals surface area contributed by atoms with Crippen LogP contribution in [0, 0.1) is 11.3 Å². The monoisotopic (exact) mass is 510 g/mol. The summed E-state index contributed by atoms with van der Waals surface area (Å²) in [5, 5.41) is 6.12. The Hall–Kier alpha value is -2.61. The molecule has 1 aromatic carbocycles. The molecule has 0 saturated heterocycles. The number of nitrogens with one attached hydrogen (secondary N) is 2. The third-order valence-corrected chi connectivity index (χ3v) is 5.68. The molecule has 0 aliphatic carbocycles. The van der Waals surface area contributed by atoms with Crippen LogP contribution in [0.15, 0.2) is 24.3 Å². The standard InChI is InChI=1S/C26H39ClN2O6/c1-8-34-20(30)15-14-19(25(33)35-9-2)28-24(32)22(26(5,6)7)29-23(31)21(16(3)4)17-10-12-18(27)13-11-17/h10-13,16,19,21-22H,8-9,14-15H2,1-7H3,(H,28,32)(H,29,31)/t19-,21+,22-/m1/s1. The van der Waals surface area contributed by atoms with Crippen LogP contribution in [0.5, 0.6) is 0 Å². The summed E-state index contributed by atoms with van der Waals surface area (Å²) in [6.07, 6.45) is -0.0380. The van der Waals surface area contributed by atoms with Gasteiger partial charge >= 0.3 is 11.9 Å². The van der Waals surface area contributed by atoms with Crippen LogP contribution in [0.2, 0.25) is 5.02 Å². The van der Waals surface area contributed by atoms with Gasteiger partial charge in [-0.3, -0.25) is 14.4 Å². The van der Waals surface area contributed by atoms with E-state index in [0.717, 1.165) is 5.56 Å². The Kier molecular flexibility index (Phi) is 12.2. The first-order valence-electron chi connectivity index (χ1n) is 12.0. The number of esters is 2. The first-order valence-corrected chi connectivity index (χ1v) is 12.4. The summed E-state index contributed by atoms with van der Waals surface area (Å²) in [4.78, 5) is 50.9. The van der Waals surface area contributed by atoms with Gasteiger partial charge in [0.15, 0.2) is 0 Å². The van der Waals surface area contributed by atoms with Crippen LogP contribution < -0.4 is 10.6 Å². The van der Waals surface area contributed by atoms with E-state index in [-0.39, 0.29) is 37.9 Å². The lowest BCUT2D eigenvalue weighted by Gasteiger charge is -2.33. The fourth-order valence-corrected chi connectivity index (χ4v) is 3.78. The molecule has 0 heterocycles. The van der Waals surface area contributed by atoms with Crippen LogP contribution in [-0.2, 0) is 28.7 Å². The Morgan fingerprint density at radius 3 is 1.97 bits per heavy atom. The van der Waals surface area contributed by atoms with E-state index in [9.17, 15) is 19.2 Å². The average Bonchev–Trinajstić information content (AvgIpc) is 2.75. The van der Waals surface area contributed by atoms with Gasteiger partial charge in [0.2, 0.25) is 11.8 Å². The molecule has 0 aliphatic heterocycles. The predicted octanol–water partition coefficient (Wildman–Crippen LogP) is 4.00. The Morgan fingerprint density at radius 2 is 1.49 bits per heavy atom. The molecule has 0 fully saturated rings. The van der Waals surface area contributed by atoms with Crippen molar-refractivity contribution in [2.24, 2.45) is 11.3 Å². The maximum Gasteiger partial charge on any atom is 0.328 e. The molecule has 0 unspecified atom stereocenters. The van der Waals surface area contributed by atoms with Gasteiger partial charge in [-0.25, -0.2) is 4.79 Å². The highest BCUT2D eigenvalue weighted by Gasteiger charge is 2.37. The molecule has 0 bridgehead atoms. The van der Waals surface area contributed by atoms with Crippen LogP contribution in [0.4, 0.5) is 0 Å². The lowest BCUT2D eigenvalue weighted by molar-refractivity contribution is -0.149. The number of benzene rings is 1. The summed E-state index contributed by atoms with van der Waals surface area (Å²) in [6, 6.07) is 5.05. The van der Waals surface area contributed by atoms with Gasteiger partial charge in [0.1, 0.15) is 12.1 Å². The average molecular weight is 511 g/mol. The molecule has 1 aromatic rings. The molecule has 1 rings (SSSR count). The van der Waals surface area contributed by atoms with Crippen molar-refractivity contribution in [2.45, 2.75) is 79.3 Å². The van der Waals surface area contributed by atoms with E-state index in [1.54, 1.807) is 38.1 Å². The van der Waals surface area contributed by atoms with Crippen LogP contribution in [-0.4, -0.2) is 49.1 Å². The van der Waals surface area contributed by atoms with E-state index in [1.165, 1.54) is 0 Å². The smallest absolute Gasteiger partial charge is 0.328 e. The van der Waals surface area contributed by atoms with E-state index in [0.29, 0.717) is 5.02 Å². The minimum atomic E-state index is -1.05. The third-order valence-electron chi connectivity index (χ3n) is 5.42. The van der Waals surface area contributed by atoms with Crippen LogP contribution >= 0.6 is 11.6 Å². The molecular weight excluding hydrogens is 472 g/mol. The zero-order valence-electron chi connectivity index (χ0n) is 21.8. The lowest BCUT2D eigenvalue weighted by Crippen LogP contribution is -2.57. The Morgan fingerprint density at radius 1 is 0.914 bits per heavy atom. The van der Waals surface area contributed by atoms with Crippen molar-refractivity contribution < 1.29 is 28.7 Å². The van der Waals surface area contributed by atoms with Crippen LogP contribution in [0.3, 0.4) is 0 Å². The largest absolute Gasteiger partial charge is 0.466 e. The number of carbonyl (C=O) groups is 4. The van der Waals surface area contributed by atoms with Crippen molar-refractivity contribution in [3.63, 3.8) is 0 Å². The molecule has 0 saturated carbocycles. The Balaban J connectivity index is 3.11. The Labute approximate surface area is 213 Å². The van der Waals surface area contributed by atoms with Gasteiger partial charge in [-0.1, -0.05) is 58.4 Å². The highest BCUT2D eigenvalue weighted by atomic mass is 35.5. The SMILES string of the molecule is CCOC(=O)CC[C@@H](NC(=O)[C@@H](NC(=O)[C@H](c1ccc(Cl)cc1)C(C)C)C(C)(C)C)C(=O)OCC. The van der Waals surface area contributed by atoms with E-state index >= 15 is 0 Å². The summed E-state index contributed by atoms with van der Waals surface area (Å²) in [7, 11) is 0. The van der Waals surface area contributed by atoms with E-state index in [2.05, 4.69) is 10.6 Å². The minimum Gasteiger partial charge on any atom is -0.466 e. The molecule has 0 aliphatic rings. The molecule has 9 heteroatoms. The van der Waals surface area contributed by atoms with Crippen molar-refractivity contribution in [1.82, 2.24) is 10.6 Å². The van der Waals surface area contributed by atoms with Crippen molar-refractivity contribution in [3.8, 4) is 0 Å². The second-order valence-corrected chi connectivity index (χ2v) is 10.2. The first kappa shape index (κ1) is 30.4. The van der Waals surface area contributed by atoms with Crippen LogP contribution in [0.25, 0.3) is 0 Å². The molecule has 8 nitrogen and oxygen atoms in total. The quantitative estimate of drug-likeness (QED) is 0.411. The van der Waals surface area contributed by atoms with Gasteiger partial charge in [0, 0.05) is 11.4 Å². The maximum absolute atomic E-state index is 13.4. The second-order valence-electron chi connectivity index (χ2n) is 9.74. The molecule has 35 heavy (non-hydrogen) atoms. The highest BCUT2D eigenvalue weighted by molar-refractivity contribution is 6.30. The highest BCUT2D eigenvalue weighted by Crippen LogP contribution is 2.28. The zero-order valence-corrected chi connectivity index (χ0v) is 22.5. The summed E-state index contributed by atoms with van der Waals surface area (Å²) >= 11 is 6.00. The molecule has 2 N–H and O–H groups in total. The van der Waals surface area contributed by atoms with E-state index < -0.39 is 41.3 Å². The van der Waals surface area contributed by atoms with E-state index in [1.807, 2.05) is 34.6 Å². The van der Waals surface area contributed by atoms with Gasteiger partial charge in [0.05, 0.1) is 19.1 Å². The second kappa shape index (κ2) is 14.1. The normalized spacial score (nSPS) is 14.0. The number of halogens is 1. The first-order chi connectivity index (χ1) is 16.3. The topological polar surface area (TPSA) is 111 Å². The number of ether oxygens (including phenoxy) is 2. The summed E-state index contributed by atoms with van der Waals surface area (Å²) in [5.41, 5.74) is 0.121. The number of amides is 2. The number of carbonyl (C=O) groups excluding carboxylic acids is 4. The fourth-order valence-electron chi connectivity index (χ4n) is 3.66. The van der Waals surface area contributed by atoms with Gasteiger partial charge < -0.3 is 20.1 Å². The van der Waals surface area contributed by atoms with Gasteiger partial charge in [-0.05, 0) is 49.3 Å². The molecule has 0 radical (unpaired) electrons. The summed E-state index contributed by atoms with van der Waals surface area (Å²) < 4.78 is 10.00. The molecule has 3 atom stereocenters.